The number of nitrogens with zero attached hydrogens (tertiary/aromatic N) is 2. The first kappa shape index (κ1) is 24.3. The van der Waals surface area contributed by atoms with Crippen molar-refractivity contribution in [2.75, 3.05) is 40.3 Å². The van der Waals surface area contributed by atoms with Crippen molar-refractivity contribution in [2.24, 2.45) is 0 Å². The number of ether oxygens (including phenoxy) is 1. The molecule has 2 heterocycles. The number of thioether (sulfide) groups is 1. The molecule has 0 saturated carbocycles. The van der Waals surface area contributed by atoms with Gasteiger partial charge in [0.15, 0.2) is 0 Å². The molecule has 1 atom stereocenters. The monoisotopic (exact) mass is 440 g/mol. The van der Waals surface area contributed by atoms with Gasteiger partial charge in [0, 0.05) is 24.1 Å². The molecule has 0 radical (unpaired) electrons. The lowest BCUT2D eigenvalue weighted by molar-refractivity contribution is -0.0328. The molecule has 2 aromatic rings. The predicted molar refractivity (Wildman–Crippen MR) is 135 cm³/mol. The molecule has 2 saturated heterocycles. The van der Waals surface area contributed by atoms with Crippen LogP contribution in [0.4, 0.5) is 0 Å². The van der Waals surface area contributed by atoms with E-state index in [9.17, 15) is 0 Å². The summed E-state index contributed by atoms with van der Waals surface area (Å²) in [6.45, 7) is 7.00. The predicted octanol–water partition coefficient (Wildman–Crippen LogP) is 5.87. The van der Waals surface area contributed by atoms with Gasteiger partial charge in [0.2, 0.25) is 0 Å². The zero-order valence-electron chi connectivity index (χ0n) is 19.6. The highest BCUT2D eigenvalue weighted by Gasteiger charge is 2.20. The Morgan fingerprint density at radius 3 is 1.90 bits per heavy atom. The summed E-state index contributed by atoms with van der Waals surface area (Å²) in [6, 6.07) is 21.3. The second kappa shape index (κ2) is 13.3. The van der Waals surface area contributed by atoms with E-state index in [4.69, 9.17) is 4.74 Å². The van der Waals surface area contributed by atoms with Crippen LogP contribution < -0.4 is 0 Å². The van der Waals surface area contributed by atoms with Gasteiger partial charge in [-0.3, -0.25) is 0 Å². The molecule has 0 bridgehead atoms. The zero-order chi connectivity index (χ0) is 21.9. The SMILES string of the molecule is CC(OC1CCN(C)CC1)c1ccccc1.CN1CCC(SCc2ccccc2)CC1. The average Bonchev–Trinajstić information content (AvgIpc) is 2.82. The van der Waals surface area contributed by atoms with Gasteiger partial charge in [0.1, 0.15) is 0 Å². The van der Waals surface area contributed by atoms with E-state index in [-0.39, 0.29) is 6.10 Å². The van der Waals surface area contributed by atoms with Crippen molar-refractivity contribution in [3.05, 3.63) is 71.8 Å². The lowest BCUT2D eigenvalue weighted by Crippen LogP contribution is -2.34. The molecule has 2 aromatic carbocycles. The summed E-state index contributed by atoms with van der Waals surface area (Å²) in [7, 11) is 4.40. The highest BCUT2D eigenvalue weighted by molar-refractivity contribution is 7.99. The van der Waals surface area contributed by atoms with Crippen LogP contribution in [0.25, 0.3) is 0 Å². The Bertz CT molecular complexity index is 711. The maximum absolute atomic E-state index is 6.10. The lowest BCUT2D eigenvalue weighted by Gasteiger charge is -2.31. The van der Waals surface area contributed by atoms with E-state index in [0.717, 1.165) is 31.2 Å². The van der Waals surface area contributed by atoms with Crippen LogP contribution in [0.5, 0.6) is 0 Å². The number of hydrogen-bond acceptors (Lipinski definition) is 4. The van der Waals surface area contributed by atoms with Crippen molar-refractivity contribution in [3.63, 3.8) is 0 Å². The van der Waals surface area contributed by atoms with E-state index >= 15 is 0 Å². The molecular formula is C27H40N2OS. The number of rotatable bonds is 6. The van der Waals surface area contributed by atoms with Crippen LogP contribution in [-0.4, -0.2) is 61.4 Å². The van der Waals surface area contributed by atoms with Gasteiger partial charge in [-0.15, -0.1) is 0 Å². The second-order valence-corrected chi connectivity index (χ2v) is 10.3. The summed E-state index contributed by atoms with van der Waals surface area (Å²) in [4.78, 5) is 4.80. The summed E-state index contributed by atoms with van der Waals surface area (Å²) in [5.41, 5.74) is 2.74. The van der Waals surface area contributed by atoms with Crippen molar-refractivity contribution < 1.29 is 4.74 Å². The fraction of sp³-hybridized carbons (Fsp3) is 0.556. The molecule has 2 aliphatic rings. The van der Waals surface area contributed by atoms with Crippen LogP contribution in [0.1, 0.15) is 49.8 Å². The van der Waals surface area contributed by atoms with E-state index in [1.165, 1.54) is 42.8 Å². The number of likely N-dealkylation sites (tertiary alicyclic amines) is 2. The zero-order valence-corrected chi connectivity index (χ0v) is 20.4. The van der Waals surface area contributed by atoms with Gasteiger partial charge in [0.05, 0.1) is 12.2 Å². The van der Waals surface area contributed by atoms with Gasteiger partial charge in [0.25, 0.3) is 0 Å². The number of benzene rings is 2. The minimum Gasteiger partial charge on any atom is -0.370 e. The van der Waals surface area contributed by atoms with Crippen LogP contribution >= 0.6 is 11.8 Å². The number of piperidine rings is 2. The van der Waals surface area contributed by atoms with Gasteiger partial charge in [-0.05, 0) is 70.9 Å². The summed E-state index contributed by atoms with van der Waals surface area (Å²) >= 11 is 2.13. The smallest absolute Gasteiger partial charge is 0.0800 e. The normalized spacial score (nSPS) is 20.1. The van der Waals surface area contributed by atoms with Gasteiger partial charge in [-0.2, -0.15) is 11.8 Å². The van der Waals surface area contributed by atoms with E-state index in [2.05, 4.69) is 97.2 Å². The standard InChI is InChI=1S/C14H21NO.C13H19NS/c1-12(13-6-4-3-5-7-13)16-14-8-10-15(2)11-9-14;1-14-9-7-13(8-10-14)15-11-12-5-3-2-4-6-12/h3-7,12,14H,8-11H2,1-2H3;2-6,13H,7-11H2,1H3. The molecule has 0 spiro atoms. The highest BCUT2D eigenvalue weighted by Crippen LogP contribution is 2.26. The van der Waals surface area contributed by atoms with E-state index in [0.29, 0.717) is 6.10 Å². The summed E-state index contributed by atoms with van der Waals surface area (Å²) in [6.07, 6.45) is 5.68. The van der Waals surface area contributed by atoms with Crippen molar-refractivity contribution in [3.8, 4) is 0 Å². The Hall–Kier alpha value is -1.33. The summed E-state index contributed by atoms with van der Waals surface area (Å²) in [5, 5.41) is 0.876. The van der Waals surface area contributed by atoms with Gasteiger partial charge in [-0.1, -0.05) is 60.7 Å². The molecular weight excluding hydrogens is 400 g/mol. The topological polar surface area (TPSA) is 15.7 Å². The third-order valence-corrected chi connectivity index (χ3v) is 7.77. The Kier molecular flexibility index (Phi) is 10.4. The van der Waals surface area contributed by atoms with Gasteiger partial charge < -0.3 is 14.5 Å². The molecule has 0 aromatic heterocycles. The summed E-state index contributed by atoms with van der Waals surface area (Å²) in [5.74, 6) is 1.18. The fourth-order valence-electron chi connectivity index (χ4n) is 4.15. The van der Waals surface area contributed by atoms with Crippen molar-refractivity contribution in [1.29, 1.82) is 0 Å². The molecule has 3 nitrogen and oxygen atoms in total. The molecule has 2 fully saturated rings. The summed E-state index contributed by atoms with van der Waals surface area (Å²) < 4.78 is 6.10. The second-order valence-electron chi connectivity index (χ2n) is 8.99. The Morgan fingerprint density at radius 1 is 0.806 bits per heavy atom. The van der Waals surface area contributed by atoms with Crippen molar-refractivity contribution in [2.45, 2.75) is 55.8 Å². The van der Waals surface area contributed by atoms with Crippen molar-refractivity contribution in [1.82, 2.24) is 9.80 Å². The molecule has 1 unspecified atom stereocenters. The van der Waals surface area contributed by atoms with Crippen LogP contribution in [0, 0.1) is 0 Å². The van der Waals surface area contributed by atoms with E-state index in [1.54, 1.807) is 0 Å². The maximum atomic E-state index is 6.10. The Morgan fingerprint density at radius 2 is 1.32 bits per heavy atom. The first-order valence-corrected chi connectivity index (χ1v) is 12.9. The quantitative estimate of drug-likeness (QED) is 0.558. The molecule has 2 aliphatic heterocycles. The van der Waals surface area contributed by atoms with Crippen LogP contribution in [-0.2, 0) is 10.5 Å². The molecule has 4 rings (SSSR count). The minimum atomic E-state index is 0.217. The highest BCUT2D eigenvalue weighted by atomic mass is 32.2. The first-order chi connectivity index (χ1) is 15.1. The van der Waals surface area contributed by atoms with Gasteiger partial charge >= 0.3 is 0 Å². The number of hydrogen-bond donors (Lipinski definition) is 0. The molecule has 4 heteroatoms. The van der Waals surface area contributed by atoms with E-state index in [1.807, 2.05) is 6.07 Å². The van der Waals surface area contributed by atoms with Gasteiger partial charge in [-0.25, -0.2) is 0 Å². The molecule has 0 amide bonds. The van der Waals surface area contributed by atoms with E-state index < -0.39 is 0 Å². The third-order valence-electron chi connectivity index (χ3n) is 6.33. The van der Waals surface area contributed by atoms with Crippen LogP contribution in [0.3, 0.4) is 0 Å². The first-order valence-electron chi connectivity index (χ1n) is 11.8. The fourth-order valence-corrected chi connectivity index (χ4v) is 5.32. The maximum Gasteiger partial charge on any atom is 0.0800 e. The molecule has 0 aliphatic carbocycles. The third kappa shape index (κ3) is 8.97. The molecule has 170 valence electrons. The Labute approximate surface area is 194 Å². The lowest BCUT2D eigenvalue weighted by atomic mass is 10.1. The van der Waals surface area contributed by atoms with Crippen LogP contribution in [0.2, 0.25) is 0 Å². The molecule has 0 N–H and O–H groups in total. The van der Waals surface area contributed by atoms with Crippen molar-refractivity contribution >= 4 is 11.8 Å². The molecule has 31 heavy (non-hydrogen) atoms. The minimum absolute atomic E-state index is 0.217. The largest absolute Gasteiger partial charge is 0.370 e. The average molecular weight is 441 g/mol. The van der Waals surface area contributed by atoms with Crippen LogP contribution in [0.15, 0.2) is 60.7 Å². The Balaban J connectivity index is 0.000000176.